The standard InChI is InChI=1S/C17H28N2/c1-5-17(4,6-2)19-13-14(3)18-12-16(19)15-10-8-7-9-11-15/h7-11,14,16,18H,5-6,12-13H2,1-4H3. The zero-order valence-electron chi connectivity index (χ0n) is 12.8. The number of benzene rings is 1. The van der Waals surface area contributed by atoms with E-state index in [1.807, 2.05) is 0 Å². The van der Waals surface area contributed by atoms with E-state index in [1.54, 1.807) is 0 Å². The van der Waals surface area contributed by atoms with Crippen LogP contribution in [0.15, 0.2) is 30.3 Å². The molecule has 1 aliphatic heterocycles. The van der Waals surface area contributed by atoms with E-state index < -0.39 is 0 Å². The summed E-state index contributed by atoms with van der Waals surface area (Å²) in [4.78, 5) is 2.73. The lowest BCUT2D eigenvalue weighted by Crippen LogP contribution is -2.58. The molecule has 0 saturated carbocycles. The average molecular weight is 260 g/mol. The molecule has 0 radical (unpaired) electrons. The van der Waals surface area contributed by atoms with Crippen molar-refractivity contribution in [2.75, 3.05) is 13.1 Å². The van der Waals surface area contributed by atoms with Crippen LogP contribution in [-0.4, -0.2) is 29.6 Å². The Balaban J connectivity index is 2.29. The molecule has 1 aromatic rings. The van der Waals surface area contributed by atoms with E-state index in [4.69, 9.17) is 0 Å². The Hall–Kier alpha value is -0.860. The minimum atomic E-state index is 0.302. The van der Waals surface area contributed by atoms with Crippen LogP contribution in [0.3, 0.4) is 0 Å². The number of rotatable bonds is 4. The molecule has 1 aliphatic rings. The topological polar surface area (TPSA) is 15.3 Å². The van der Waals surface area contributed by atoms with Crippen molar-refractivity contribution in [3.05, 3.63) is 35.9 Å². The maximum Gasteiger partial charge on any atom is 0.0478 e. The molecule has 2 heteroatoms. The van der Waals surface area contributed by atoms with Gasteiger partial charge in [0, 0.05) is 30.7 Å². The predicted molar refractivity (Wildman–Crippen MR) is 82.3 cm³/mol. The highest BCUT2D eigenvalue weighted by atomic mass is 15.3. The van der Waals surface area contributed by atoms with Gasteiger partial charge in [-0.25, -0.2) is 0 Å². The second-order valence-corrected chi connectivity index (χ2v) is 6.09. The van der Waals surface area contributed by atoms with Crippen LogP contribution in [0.4, 0.5) is 0 Å². The predicted octanol–water partition coefficient (Wildman–Crippen LogP) is 3.60. The Morgan fingerprint density at radius 3 is 2.42 bits per heavy atom. The normalized spacial score (nSPS) is 25.5. The molecule has 0 bridgehead atoms. The van der Waals surface area contributed by atoms with Crippen LogP contribution in [0.25, 0.3) is 0 Å². The first-order valence-electron chi connectivity index (χ1n) is 7.65. The van der Waals surface area contributed by atoms with Crippen LogP contribution >= 0.6 is 0 Å². The molecule has 0 spiro atoms. The Bertz CT molecular complexity index is 384. The van der Waals surface area contributed by atoms with Crippen LogP contribution in [0.2, 0.25) is 0 Å². The van der Waals surface area contributed by atoms with Crippen molar-refractivity contribution in [1.82, 2.24) is 10.2 Å². The molecule has 19 heavy (non-hydrogen) atoms. The number of nitrogens with one attached hydrogen (secondary N) is 1. The Labute approximate surface area is 118 Å². The molecule has 1 saturated heterocycles. The first-order chi connectivity index (χ1) is 9.10. The minimum Gasteiger partial charge on any atom is -0.311 e. The van der Waals surface area contributed by atoms with Crippen molar-refractivity contribution in [2.24, 2.45) is 0 Å². The summed E-state index contributed by atoms with van der Waals surface area (Å²) in [6, 6.07) is 12.0. The second kappa shape index (κ2) is 6.06. The van der Waals surface area contributed by atoms with Gasteiger partial charge >= 0.3 is 0 Å². The molecule has 1 N–H and O–H groups in total. The van der Waals surface area contributed by atoms with Crippen molar-refractivity contribution in [2.45, 2.75) is 58.2 Å². The molecule has 1 aromatic carbocycles. The van der Waals surface area contributed by atoms with E-state index in [9.17, 15) is 0 Å². The van der Waals surface area contributed by atoms with Gasteiger partial charge in [-0.05, 0) is 32.3 Å². The first kappa shape index (κ1) is 14.5. The third-order valence-electron chi connectivity index (χ3n) is 4.91. The summed E-state index contributed by atoms with van der Waals surface area (Å²) in [7, 11) is 0. The third-order valence-corrected chi connectivity index (χ3v) is 4.91. The number of hydrogen-bond donors (Lipinski definition) is 1. The summed E-state index contributed by atoms with van der Waals surface area (Å²) in [6.45, 7) is 11.5. The van der Waals surface area contributed by atoms with Crippen LogP contribution in [0, 0.1) is 0 Å². The minimum absolute atomic E-state index is 0.302. The highest BCUT2D eigenvalue weighted by Gasteiger charge is 2.37. The number of piperazine rings is 1. The van der Waals surface area contributed by atoms with Gasteiger partial charge in [0.15, 0.2) is 0 Å². The molecular formula is C17H28N2. The molecule has 1 fully saturated rings. The summed E-state index contributed by atoms with van der Waals surface area (Å²) in [5.41, 5.74) is 1.74. The van der Waals surface area contributed by atoms with E-state index in [0.29, 0.717) is 17.6 Å². The summed E-state index contributed by atoms with van der Waals surface area (Å²) in [5, 5.41) is 3.64. The van der Waals surface area contributed by atoms with E-state index in [-0.39, 0.29) is 0 Å². The fraction of sp³-hybridized carbons (Fsp3) is 0.647. The average Bonchev–Trinajstić information content (AvgIpc) is 2.47. The third kappa shape index (κ3) is 3.01. The van der Waals surface area contributed by atoms with Crippen molar-refractivity contribution in [3.8, 4) is 0 Å². The van der Waals surface area contributed by atoms with E-state index in [1.165, 1.54) is 18.4 Å². The molecular weight excluding hydrogens is 232 g/mol. The van der Waals surface area contributed by atoms with Gasteiger partial charge in [-0.15, -0.1) is 0 Å². The Morgan fingerprint density at radius 2 is 1.84 bits per heavy atom. The largest absolute Gasteiger partial charge is 0.311 e. The van der Waals surface area contributed by atoms with Crippen molar-refractivity contribution in [1.29, 1.82) is 0 Å². The van der Waals surface area contributed by atoms with E-state index in [2.05, 4.69) is 68.2 Å². The van der Waals surface area contributed by atoms with Crippen molar-refractivity contribution >= 4 is 0 Å². The maximum atomic E-state index is 3.64. The molecule has 2 atom stereocenters. The molecule has 2 rings (SSSR count). The lowest BCUT2D eigenvalue weighted by Gasteiger charge is -2.50. The highest BCUT2D eigenvalue weighted by Crippen LogP contribution is 2.34. The summed E-state index contributed by atoms with van der Waals surface area (Å²) >= 11 is 0. The molecule has 0 amide bonds. The molecule has 2 nitrogen and oxygen atoms in total. The van der Waals surface area contributed by atoms with E-state index in [0.717, 1.165) is 13.1 Å². The van der Waals surface area contributed by atoms with Gasteiger partial charge in [0.2, 0.25) is 0 Å². The number of nitrogens with zero attached hydrogens (tertiary/aromatic N) is 1. The van der Waals surface area contributed by atoms with E-state index >= 15 is 0 Å². The van der Waals surface area contributed by atoms with Crippen molar-refractivity contribution < 1.29 is 0 Å². The highest BCUT2D eigenvalue weighted by molar-refractivity contribution is 5.21. The quantitative estimate of drug-likeness (QED) is 0.890. The van der Waals surface area contributed by atoms with Crippen LogP contribution in [-0.2, 0) is 0 Å². The molecule has 2 unspecified atom stereocenters. The SMILES string of the molecule is CCC(C)(CC)N1CC(C)NCC1c1ccccc1. The van der Waals surface area contributed by atoms with Crippen LogP contribution in [0.5, 0.6) is 0 Å². The van der Waals surface area contributed by atoms with Crippen LogP contribution in [0.1, 0.15) is 52.1 Å². The lowest BCUT2D eigenvalue weighted by molar-refractivity contribution is 0.0159. The zero-order chi connectivity index (χ0) is 13.9. The first-order valence-corrected chi connectivity index (χ1v) is 7.65. The monoisotopic (exact) mass is 260 g/mol. The van der Waals surface area contributed by atoms with Gasteiger partial charge in [0.05, 0.1) is 0 Å². The molecule has 0 aliphatic carbocycles. The zero-order valence-corrected chi connectivity index (χ0v) is 12.8. The summed E-state index contributed by atoms with van der Waals surface area (Å²) in [6.07, 6.45) is 2.42. The van der Waals surface area contributed by atoms with Gasteiger partial charge in [-0.2, -0.15) is 0 Å². The van der Waals surface area contributed by atoms with Crippen molar-refractivity contribution in [3.63, 3.8) is 0 Å². The van der Waals surface area contributed by atoms with Gasteiger partial charge in [0.1, 0.15) is 0 Å². The maximum absolute atomic E-state index is 3.64. The van der Waals surface area contributed by atoms with Gasteiger partial charge < -0.3 is 5.32 Å². The second-order valence-electron chi connectivity index (χ2n) is 6.09. The van der Waals surface area contributed by atoms with Gasteiger partial charge in [-0.3, -0.25) is 4.90 Å². The summed E-state index contributed by atoms with van der Waals surface area (Å²) in [5.74, 6) is 0. The number of hydrogen-bond acceptors (Lipinski definition) is 2. The van der Waals surface area contributed by atoms with Crippen LogP contribution < -0.4 is 5.32 Å². The molecule has 1 heterocycles. The fourth-order valence-corrected chi connectivity index (χ4v) is 3.14. The molecule has 0 aromatic heterocycles. The summed E-state index contributed by atoms with van der Waals surface area (Å²) < 4.78 is 0. The Kier molecular flexibility index (Phi) is 4.64. The fourth-order valence-electron chi connectivity index (χ4n) is 3.14. The van der Waals surface area contributed by atoms with Gasteiger partial charge in [0.25, 0.3) is 0 Å². The Morgan fingerprint density at radius 1 is 1.21 bits per heavy atom. The molecule has 106 valence electrons. The lowest BCUT2D eigenvalue weighted by atomic mass is 9.87. The van der Waals surface area contributed by atoms with Gasteiger partial charge in [-0.1, -0.05) is 44.2 Å². The smallest absolute Gasteiger partial charge is 0.0478 e.